The third-order valence-corrected chi connectivity index (χ3v) is 5.78. The zero-order valence-corrected chi connectivity index (χ0v) is 12.6. The Hall–Kier alpha value is 0.0700. The molecule has 0 radical (unpaired) electrons. The Labute approximate surface area is 120 Å². The van der Waals surface area contributed by atoms with Crippen molar-refractivity contribution in [3.8, 4) is 0 Å². The van der Waals surface area contributed by atoms with Crippen LogP contribution in [0.15, 0.2) is 0 Å². The van der Waals surface area contributed by atoms with E-state index in [1.165, 1.54) is 12.8 Å². The van der Waals surface area contributed by atoms with Crippen molar-refractivity contribution in [2.24, 2.45) is 11.3 Å². The third-order valence-electron chi connectivity index (χ3n) is 4.64. The normalized spacial score (nSPS) is 33.9. The molecule has 2 unspecified atom stereocenters. The maximum Gasteiger partial charge on any atom is 0.226 e. The highest BCUT2D eigenvalue weighted by atomic mass is 35.5. The maximum absolute atomic E-state index is 12.5. The summed E-state index contributed by atoms with van der Waals surface area (Å²) in [5.74, 6) is 1.94. The molecule has 104 valence electrons. The highest BCUT2D eigenvalue weighted by Crippen LogP contribution is 2.59. The van der Waals surface area contributed by atoms with Crippen LogP contribution in [0, 0.1) is 11.3 Å². The number of carbonyl (C=O) groups is 1. The summed E-state index contributed by atoms with van der Waals surface area (Å²) in [4.78, 5) is 14.6. The fraction of sp³-hybridized carbons (Fsp3) is 0.923. The van der Waals surface area contributed by atoms with E-state index in [-0.39, 0.29) is 12.4 Å². The van der Waals surface area contributed by atoms with Gasteiger partial charge in [-0.3, -0.25) is 4.79 Å². The van der Waals surface area contributed by atoms with E-state index >= 15 is 0 Å². The highest BCUT2D eigenvalue weighted by molar-refractivity contribution is 7.99. The molecule has 2 atom stereocenters. The summed E-state index contributed by atoms with van der Waals surface area (Å²) in [7, 11) is 0. The lowest BCUT2D eigenvalue weighted by atomic mass is 9.91. The van der Waals surface area contributed by atoms with E-state index in [4.69, 9.17) is 0 Å². The zero-order chi connectivity index (χ0) is 11.9. The molecule has 0 bridgehead atoms. The van der Waals surface area contributed by atoms with Gasteiger partial charge in [0.25, 0.3) is 0 Å². The van der Waals surface area contributed by atoms with Gasteiger partial charge in [-0.2, -0.15) is 11.8 Å². The molecule has 0 aromatic carbocycles. The number of hydrogen-bond donors (Lipinski definition) is 1. The summed E-state index contributed by atoms with van der Waals surface area (Å²) in [5, 5.41) is 4.02. The minimum absolute atomic E-state index is 0. The standard InChI is InChI=1S/C13H22N2OS.ClH/c1-10-9-15(6-7-17-10)12(16)11-8-13(11)2-4-14-5-3-13;/h10-11,14H,2-9H2,1H3;1H. The quantitative estimate of drug-likeness (QED) is 0.799. The van der Waals surface area contributed by atoms with Gasteiger partial charge in [-0.25, -0.2) is 0 Å². The molecule has 1 spiro atoms. The van der Waals surface area contributed by atoms with Crippen LogP contribution in [0.3, 0.4) is 0 Å². The van der Waals surface area contributed by atoms with Gasteiger partial charge in [-0.1, -0.05) is 6.92 Å². The van der Waals surface area contributed by atoms with Crippen molar-refractivity contribution in [2.45, 2.75) is 31.4 Å². The fourth-order valence-electron chi connectivity index (χ4n) is 3.41. The van der Waals surface area contributed by atoms with Crippen LogP contribution in [0.2, 0.25) is 0 Å². The van der Waals surface area contributed by atoms with Crippen molar-refractivity contribution in [1.82, 2.24) is 10.2 Å². The van der Waals surface area contributed by atoms with Crippen molar-refractivity contribution in [1.29, 1.82) is 0 Å². The number of rotatable bonds is 1. The first-order valence-corrected chi connectivity index (χ1v) is 7.87. The van der Waals surface area contributed by atoms with E-state index in [1.807, 2.05) is 11.8 Å². The molecule has 0 aromatic heterocycles. The second kappa shape index (κ2) is 5.59. The van der Waals surface area contributed by atoms with E-state index in [2.05, 4.69) is 17.1 Å². The number of nitrogens with one attached hydrogen (secondary N) is 1. The van der Waals surface area contributed by atoms with Crippen LogP contribution >= 0.6 is 24.2 Å². The average Bonchev–Trinajstić information content (AvgIpc) is 3.03. The summed E-state index contributed by atoms with van der Waals surface area (Å²) in [6.45, 7) is 6.39. The fourth-order valence-corrected chi connectivity index (χ4v) is 4.43. The summed E-state index contributed by atoms with van der Waals surface area (Å²) in [6, 6.07) is 0. The number of carbonyl (C=O) groups excluding carboxylic acids is 1. The Balaban J connectivity index is 0.00000120. The Morgan fingerprint density at radius 3 is 2.78 bits per heavy atom. The lowest BCUT2D eigenvalue weighted by Gasteiger charge is -2.32. The van der Waals surface area contributed by atoms with Crippen LogP contribution in [-0.4, -0.2) is 48.0 Å². The SMILES string of the molecule is CC1CN(C(=O)C2CC23CCNCC3)CCS1.Cl. The lowest BCUT2D eigenvalue weighted by molar-refractivity contribution is -0.133. The van der Waals surface area contributed by atoms with Crippen LogP contribution < -0.4 is 5.32 Å². The van der Waals surface area contributed by atoms with Crippen LogP contribution in [0.4, 0.5) is 0 Å². The Morgan fingerprint density at radius 2 is 2.11 bits per heavy atom. The summed E-state index contributed by atoms with van der Waals surface area (Å²) < 4.78 is 0. The van der Waals surface area contributed by atoms with Gasteiger partial charge < -0.3 is 10.2 Å². The van der Waals surface area contributed by atoms with Crippen molar-refractivity contribution >= 4 is 30.1 Å². The molecule has 1 N–H and O–H groups in total. The number of nitrogens with zero attached hydrogens (tertiary/aromatic N) is 1. The van der Waals surface area contributed by atoms with Gasteiger partial charge in [-0.05, 0) is 37.8 Å². The van der Waals surface area contributed by atoms with E-state index in [0.29, 0.717) is 22.5 Å². The number of amides is 1. The van der Waals surface area contributed by atoms with E-state index in [1.54, 1.807) is 0 Å². The van der Waals surface area contributed by atoms with E-state index in [0.717, 1.165) is 38.4 Å². The predicted octanol–water partition coefficient (Wildman–Crippen LogP) is 1.76. The highest BCUT2D eigenvalue weighted by Gasteiger charge is 2.58. The second-order valence-electron chi connectivity index (χ2n) is 5.83. The van der Waals surface area contributed by atoms with Gasteiger partial charge in [0.05, 0.1) is 0 Å². The molecule has 2 heterocycles. The summed E-state index contributed by atoms with van der Waals surface area (Å²) in [5.41, 5.74) is 0.399. The smallest absolute Gasteiger partial charge is 0.226 e. The molecular weight excluding hydrogens is 268 g/mol. The molecule has 5 heteroatoms. The lowest BCUT2D eigenvalue weighted by Crippen LogP contribution is -2.43. The minimum atomic E-state index is 0. The molecular formula is C13H23ClN2OS. The largest absolute Gasteiger partial charge is 0.341 e. The molecule has 2 aliphatic heterocycles. The van der Waals surface area contributed by atoms with Crippen molar-refractivity contribution < 1.29 is 4.79 Å². The summed E-state index contributed by atoms with van der Waals surface area (Å²) >= 11 is 1.99. The first-order valence-electron chi connectivity index (χ1n) is 6.82. The van der Waals surface area contributed by atoms with Crippen LogP contribution in [0.1, 0.15) is 26.2 Å². The first kappa shape index (κ1) is 14.5. The first-order chi connectivity index (χ1) is 8.21. The monoisotopic (exact) mass is 290 g/mol. The van der Waals surface area contributed by atoms with Crippen LogP contribution in [0.5, 0.6) is 0 Å². The van der Waals surface area contributed by atoms with Crippen LogP contribution in [-0.2, 0) is 4.79 Å². The Bertz CT molecular complexity index is 320. The second-order valence-corrected chi connectivity index (χ2v) is 7.38. The van der Waals surface area contributed by atoms with E-state index < -0.39 is 0 Å². The molecule has 3 fully saturated rings. The van der Waals surface area contributed by atoms with Gasteiger partial charge in [-0.15, -0.1) is 12.4 Å². The molecule has 1 aliphatic carbocycles. The zero-order valence-electron chi connectivity index (χ0n) is 11.0. The van der Waals surface area contributed by atoms with Gasteiger partial charge >= 0.3 is 0 Å². The van der Waals surface area contributed by atoms with Gasteiger partial charge in [0.2, 0.25) is 5.91 Å². The number of thioether (sulfide) groups is 1. The summed E-state index contributed by atoms with van der Waals surface area (Å²) in [6.07, 6.45) is 3.58. The number of piperidine rings is 1. The van der Waals surface area contributed by atoms with Crippen molar-refractivity contribution in [3.63, 3.8) is 0 Å². The molecule has 0 aromatic rings. The molecule has 3 rings (SSSR count). The molecule has 2 saturated heterocycles. The van der Waals surface area contributed by atoms with E-state index in [9.17, 15) is 4.79 Å². The molecule has 3 aliphatic rings. The Morgan fingerprint density at radius 1 is 1.39 bits per heavy atom. The number of hydrogen-bond acceptors (Lipinski definition) is 3. The van der Waals surface area contributed by atoms with Crippen molar-refractivity contribution in [2.75, 3.05) is 31.9 Å². The number of halogens is 1. The van der Waals surface area contributed by atoms with Crippen molar-refractivity contribution in [3.05, 3.63) is 0 Å². The van der Waals surface area contributed by atoms with Gasteiger partial charge in [0.1, 0.15) is 0 Å². The van der Waals surface area contributed by atoms with Gasteiger partial charge in [0.15, 0.2) is 0 Å². The topological polar surface area (TPSA) is 32.3 Å². The Kier molecular flexibility index (Phi) is 4.50. The molecule has 1 saturated carbocycles. The van der Waals surface area contributed by atoms with Gasteiger partial charge in [0, 0.05) is 30.0 Å². The predicted molar refractivity (Wildman–Crippen MR) is 78.4 cm³/mol. The average molecular weight is 291 g/mol. The molecule has 3 nitrogen and oxygen atoms in total. The van der Waals surface area contributed by atoms with Crippen LogP contribution in [0.25, 0.3) is 0 Å². The maximum atomic E-state index is 12.5. The third kappa shape index (κ3) is 2.66. The minimum Gasteiger partial charge on any atom is -0.341 e. The molecule has 1 amide bonds. The molecule has 18 heavy (non-hydrogen) atoms.